The number of benzene rings is 2. The zero-order chi connectivity index (χ0) is 33.9. The Bertz CT molecular complexity index is 1690. The summed E-state index contributed by atoms with van der Waals surface area (Å²) in [5, 5.41) is 49.9. The van der Waals surface area contributed by atoms with Crippen LogP contribution in [0.4, 0.5) is 11.4 Å². The van der Waals surface area contributed by atoms with Crippen molar-refractivity contribution in [1.82, 2.24) is 9.80 Å². The van der Waals surface area contributed by atoms with Gasteiger partial charge in [0.2, 0.25) is 5.78 Å². The highest BCUT2D eigenvalue weighted by molar-refractivity contribution is 6.24. The van der Waals surface area contributed by atoms with E-state index in [1.807, 2.05) is 43.3 Å². The number of piperidine rings is 1. The predicted octanol–water partition coefficient (Wildman–Crippen LogP) is 2.11. The summed E-state index contributed by atoms with van der Waals surface area (Å²) in [5.74, 6) is -6.62. The van der Waals surface area contributed by atoms with Crippen molar-refractivity contribution in [2.24, 2.45) is 17.6 Å². The first kappa shape index (κ1) is 32.5. The molecule has 250 valence electrons. The number of nitrogens with zero attached hydrogens (tertiary/aromatic N) is 3. The molecule has 0 unspecified atom stereocenters. The number of aliphatic hydroxyl groups is 3. The molecule has 4 aliphatic rings. The molecule has 6 rings (SSSR count). The molecule has 12 heteroatoms. The Morgan fingerprint density at radius 1 is 1.06 bits per heavy atom. The third kappa shape index (κ3) is 5.24. The van der Waals surface area contributed by atoms with Gasteiger partial charge in [-0.1, -0.05) is 30.3 Å². The zero-order valence-corrected chi connectivity index (χ0v) is 27.2. The molecule has 1 saturated heterocycles. The predicted molar refractivity (Wildman–Crippen MR) is 177 cm³/mol. The van der Waals surface area contributed by atoms with Gasteiger partial charge in [-0.2, -0.15) is 0 Å². The fourth-order valence-electron chi connectivity index (χ4n) is 8.10. The van der Waals surface area contributed by atoms with Crippen LogP contribution in [0.5, 0.6) is 5.75 Å². The second-order valence-electron chi connectivity index (χ2n) is 13.7. The second kappa shape index (κ2) is 12.0. The molecule has 0 bridgehead atoms. The summed E-state index contributed by atoms with van der Waals surface area (Å²) in [5.41, 5.74) is 4.88. The Hall–Kier alpha value is -4.39. The monoisotopic (exact) mass is 645 g/mol. The van der Waals surface area contributed by atoms with E-state index >= 15 is 0 Å². The van der Waals surface area contributed by atoms with Gasteiger partial charge >= 0.3 is 0 Å². The highest BCUT2D eigenvalue weighted by Gasteiger charge is 2.64. The van der Waals surface area contributed by atoms with Gasteiger partial charge in [0.05, 0.1) is 17.3 Å². The van der Waals surface area contributed by atoms with E-state index < -0.39 is 58.0 Å². The fourth-order valence-corrected chi connectivity index (χ4v) is 8.10. The lowest BCUT2D eigenvalue weighted by Crippen LogP contribution is -2.65. The lowest BCUT2D eigenvalue weighted by molar-refractivity contribution is -0.153. The van der Waals surface area contributed by atoms with Crippen LogP contribution in [0.25, 0.3) is 5.76 Å². The number of primary amides is 1. The number of Topliss-reactive ketones (excluding diaryl/α,β-unsaturated/α-hetero) is 2. The number of phenolic OH excluding ortho intramolecular Hbond substituents is 1. The largest absolute Gasteiger partial charge is 0.508 e. The van der Waals surface area contributed by atoms with Crippen molar-refractivity contribution in [3.63, 3.8) is 0 Å². The topological polar surface area (TPSA) is 180 Å². The van der Waals surface area contributed by atoms with E-state index in [4.69, 9.17) is 5.73 Å². The summed E-state index contributed by atoms with van der Waals surface area (Å²) < 4.78 is 0. The summed E-state index contributed by atoms with van der Waals surface area (Å²) in [6.45, 7) is 2.59. The number of hydrogen-bond donors (Lipinski definition) is 6. The molecule has 2 fully saturated rings. The molecule has 4 atom stereocenters. The lowest BCUT2D eigenvalue weighted by atomic mass is 9.57. The van der Waals surface area contributed by atoms with Crippen molar-refractivity contribution >= 4 is 34.6 Å². The molecule has 3 aliphatic carbocycles. The van der Waals surface area contributed by atoms with Crippen LogP contribution in [-0.2, 0) is 27.3 Å². The van der Waals surface area contributed by atoms with E-state index in [0.29, 0.717) is 11.3 Å². The number of anilines is 2. The van der Waals surface area contributed by atoms with Crippen LogP contribution >= 0.6 is 0 Å². The molecule has 47 heavy (non-hydrogen) atoms. The number of amides is 1. The van der Waals surface area contributed by atoms with E-state index in [9.17, 15) is 34.8 Å². The minimum absolute atomic E-state index is 0.0426. The van der Waals surface area contributed by atoms with E-state index in [2.05, 4.69) is 22.3 Å². The number of phenols is 1. The first-order chi connectivity index (χ1) is 22.2. The Balaban J connectivity index is 1.36. The maximum atomic E-state index is 14.2. The van der Waals surface area contributed by atoms with Gasteiger partial charge in [-0.15, -0.1) is 0 Å². The number of aromatic hydroxyl groups is 1. The Morgan fingerprint density at radius 3 is 2.32 bits per heavy atom. The first-order valence-corrected chi connectivity index (χ1v) is 16.0. The molecule has 7 N–H and O–H groups in total. The van der Waals surface area contributed by atoms with Crippen molar-refractivity contribution in [1.29, 1.82) is 0 Å². The van der Waals surface area contributed by atoms with Gasteiger partial charge in [0.15, 0.2) is 11.4 Å². The minimum atomic E-state index is -2.67. The number of rotatable bonds is 7. The van der Waals surface area contributed by atoms with Crippen molar-refractivity contribution in [2.45, 2.75) is 49.9 Å². The summed E-state index contributed by atoms with van der Waals surface area (Å²) >= 11 is 0. The smallest absolute Gasteiger partial charge is 0.255 e. The molecule has 1 heterocycles. The first-order valence-electron chi connectivity index (χ1n) is 16.0. The van der Waals surface area contributed by atoms with Gasteiger partial charge in [0, 0.05) is 56.9 Å². The van der Waals surface area contributed by atoms with Gasteiger partial charge in [-0.3, -0.25) is 24.2 Å². The van der Waals surface area contributed by atoms with Gasteiger partial charge in [-0.25, -0.2) is 0 Å². The highest BCUT2D eigenvalue weighted by atomic mass is 16.3. The molecule has 1 saturated carbocycles. The number of ketones is 2. The molecule has 12 nitrogen and oxygen atoms in total. The molecule has 1 amide bonds. The summed E-state index contributed by atoms with van der Waals surface area (Å²) in [6.07, 6.45) is 1.94. The van der Waals surface area contributed by atoms with Crippen molar-refractivity contribution in [3.05, 3.63) is 70.0 Å². The molecule has 1 aliphatic heterocycles. The van der Waals surface area contributed by atoms with Crippen molar-refractivity contribution in [3.8, 4) is 5.75 Å². The van der Waals surface area contributed by atoms with E-state index in [1.54, 1.807) is 14.1 Å². The van der Waals surface area contributed by atoms with Crippen LogP contribution in [0.2, 0.25) is 0 Å². The maximum absolute atomic E-state index is 14.2. The van der Waals surface area contributed by atoms with Crippen LogP contribution in [0, 0.1) is 11.8 Å². The number of carbonyl (C=O) groups excluding carboxylic acids is 3. The number of carbonyl (C=O) groups is 3. The summed E-state index contributed by atoms with van der Waals surface area (Å²) in [6, 6.07) is 11.1. The lowest BCUT2D eigenvalue weighted by Gasteiger charge is -2.50. The van der Waals surface area contributed by atoms with Crippen molar-refractivity contribution in [2.75, 3.05) is 51.5 Å². The van der Waals surface area contributed by atoms with Gasteiger partial charge in [0.1, 0.15) is 22.8 Å². The zero-order valence-electron chi connectivity index (χ0n) is 27.2. The van der Waals surface area contributed by atoms with E-state index in [0.717, 1.165) is 38.2 Å². The number of aliphatic hydroxyl groups excluding tert-OH is 2. The average Bonchev–Trinajstić information content (AvgIpc) is 3.01. The summed E-state index contributed by atoms with van der Waals surface area (Å²) in [4.78, 5) is 45.6. The highest BCUT2D eigenvalue weighted by Crippen LogP contribution is 2.54. The Kier molecular flexibility index (Phi) is 8.31. The maximum Gasteiger partial charge on any atom is 0.255 e. The average molecular weight is 646 g/mol. The second-order valence-corrected chi connectivity index (χ2v) is 13.7. The quantitative estimate of drug-likeness (QED) is 0.192. The molecular formula is C35H43N5O7. The summed E-state index contributed by atoms with van der Waals surface area (Å²) in [7, 11) is 6.87. The van der Waals surface area contributed by atoms with Gasteiger partial charge < -0.3 is 36.4 Å². The SMILES string of the molecule is CN(C)c1cc(NC2CCN(Cc3ccccc3)CC2)c(O)c2c1C[C@@H]1C[C@@H]3[C@@H](N(C)C)C(=O)C(C(N)=O)=C(O)[C@]3(O)C(=O)C1=C2O. The number of fused-ring (bicyclic) bond motifs is 3. The molecule has 0 spiro atoms. The molecular weight excluding hydrogens is 602 g/mol. The minimum Gasteiger partial charge on any atom is -0.508 e. The number of likely N-dealkylation sites (N-methyl/N-ethyl adjacent to an activating group) is 1. The third-order valence-electron chi connectivity index (χ3n) is 10.4. The Morgan fingerprint density at radius 2 is 1.72 bits per heavy atom. The van der Waals surface area contributed by atoms with Crippen LogP contribution in [0.1, 0.15) is 36.0 Å². The van der Waals surface area contributed by atoms with Crippen molar-refractivity contribution < 1.29 is 34.8 Å². The van der Waals surface area contributed by atoms with Gasteiger partial charge in [0.25, 0.3) is 5.91 Å². The molecule has 0 aromatic heterocycles. The van der Waals surface area contributed by atoms with Crippen LogP contribution in [0.3, 0.4) is 0 Å². The normalized spacial score (nSPS) is 26.6. The molecule has 2 aromatic rings. The number of nitrogens with one attached hydrogen (secondary N) is 1. The standard InChI is InChI=1S/C35H43N5O7/c1-38(2)24-16-23(37-20-10-12-40(13-11-20)17-18-8-6-5-7-9-18)29(41)26-21(24)14-19-15-22-28(39(3)4)31(43)27(34(36)46)33(45)35(22,47)32(44)25(19)30(26)42/h5-9,16,19-20,22,28,37,41-42,45,47H,10-15,17H2,1-4H3,(H2,36,46)/t19-,22-,28-,35-/m1/s1. The third-order valence-corrected chi connectivity index (χ3v) is 10.4. The van der Waals surface area contributed by atoms with E-state index in [1.165, 1.54) is 10.5 Å². The molecule has 0 radical (unpaired) electrons. The number of hydrogen-bond acceptors (Lipinski definition) is 11. The molecule has 2 aromatic carbocycles. The van der Waals surface area contributed by atoms with Gasteiger partial charge in [-0.05, 0) is 62.9 Å². The van der Waals surface area contributed by atoms with Crippen LogP contribution < -0.4 is 16.0 Å². The number of nitrogens with two attached hydrogens (primary N) is 1. The Labute approximate surface area is 273 Å². The van der Waals surface area contributed by atoms with E-state index in [-0.39, 0.29) is 35.8 Å². The van der Waals surface area contributed by atoms with Crippen LogP contribution in [-0.4, -0.2) is 107 Å². The van der Waals surface area contributed by atoms with Crippen LogP contribution in [0.15, 0.2) is 53.3 Å². The number of likely N-dealkylation sites (tertiary alicyclic amines) is 1. The fraction of sp³-hybridized carbons (Fsp3) is 0.457.